The Kier molecular flexibility index (Phi) is 3.98. The number of rotatable bonds is 3. The molecule has 0 aliphatic heterocycles. The van der Waals surface area contributed by atoms with Crippen molar-refractivity contribution in [3.63, 3.8) is 0 Å². The zero-order valence-corrected chi connectivity index (χ0v) is 12.3. The van der Waals surface area contributed by atoms with Crippen molar-refractivity contribution in [2.75, 3.05) is 6.61 Å². The van der Waals surface area contributed by atoms with E-state index in [0.29, 0.717) is 12.3 Å². The number of hydrogen-bond acceptors (Lipinski definition) is 2. The summed E-state index contributed by atoms with van der Waals surface area (Å²) in [7, 11) is 0. The van der Waals surface area contributed by atoms with Crippen LogP contribution in [-0.2, 0) is 9.53 Å². The molecule has 2 saturated carbocycles. The van der Waals surface area contributed by atoms with Crippen LogP contribution in [0.3, 0.4) is 0 Å². The van der Waals surface area contributed by atoms with Gasteiger partial charge in [0.25, 0.3) is 0 Å². The van der Waals surface area contributed by atoms with Crippen LogP contribution in [0.4, 0.5) is 26.3 Å². The molecular weight excluding hydrogens is 314 g/mol. The molecule has 0 N–H and O–H groups in total. The summed E-state index contributed by atoms with van der Waals surface area (Å²) in [5, 5.41) is 0. The van der Waals surface area contributed by atoms with E-state index in [1.807, 2.05) is 0 Å². The fourth-order valence-electron chi connectivity index (χ4n) is 3.55. The van der Waals surface area contributed by atoms with E-state index in [-0.39, 0.29) is 12.8 Å². The van der Waals surface area contributed by atoms with E-state index in [4.69, 9.17) is 0 Å². The molecule has 2 aliphatic rings. The topological polar surface area (TPSA) is 26.3 Å². The summed E-state index contributed by atoms with van der Waals surface area (Å²) >= 11 is 0. The molecule has 22 heavy (non-hydrogen) atoms. The Morgan fingerprint density at radius 2 is 1.68 bits per heavy atom. The zero-order valence-electron chi connectivity index (χ0n) is 12.3. The van der Waals surface area contributed by atoms with Gasteiger partial charge in [-0.1, -0.05) is 6.42 Å². The Hall–Kier alpha value is -0.950. The van der Waals surface area contributed by atoms with Crippen LogP contribution in [0.25, 0.3) is 0 Å². The first-order valence-corrected chi connectivity index (χ1v) is 7.12. The highest BCUT2D eigenvalue weighted by Crippen LogP contribution is 2.57. The largest absolute Gasteiger partial charge is 0.464 e. The molecule has 2 nitrogen and oxygen atoms in total. The number of alkyl halides is 6. The van der Waals surface area contributed by atoms with Gasteiger partial charge in [-0.05, 0) is 44.9 Å². The van der Waals surface area contributed by atoms with Crippen molar-refractivity contribution >= 4 is 5.97 Å². The van der Waals surface area contributed by atoms with Gasteiger partial charge >= 0.3 is 18.3 Å². The monoisotopic (exact) mass is 332 g/mol. The maximum atomic E-state index is 12.8. The zero-order chi connectivity index (χ0) is 17.0. The lowest BCUT2D eigenvalue weighted by Gasteiger charge is -2.36. The van der Waals surface area contributed by atoms with Crippen molar-refractivity contribution in [3.05, 3.63) is 0 Å². The predicted octanol–water partition coefficient (Wildman–Crippen LogP) is 4.49. The van der Waals surface area contributed by atoms with E-state index >= 15 is 0 Å². The van der Waals surface area contributed by atoms with Gasteiger partial charge in [-0.15, -0.1) is 0 Å². The van der Waals surface area contributed by atoms with Gasteiger partial charge in [-0.25, -0.2) is 0 Å². The van der Waals surface area contributed by atoms with E-state index in [0.717, 1.165) is 19.3 Å². The number of fused-ring (bicyclic) bond motifs is 2. The van der Waals surface area contributed by atoms with Crippen LogP contribution in [0.15, 0.2) is 0 Å². The van der Waals surface area contributed by atoms with Gasteiger partial charge in [0.1, 0.15) is 6.61 Å². The second kappa shape index (κ2) is 5.03. The Bertz CT molecular complexity index is 441. The third kappa shape index (κ3) is 2.58. The molecule has 0 aromatic carbocycles. The molecule has 0 aromatic rings. The highest BCUT2D eigenvalue weighted by atomic mass is 19.4. The minimum absolute atomic E-state index is 0.00645. The number of ether oxygens (including phenoxy) is 1. The second-order valence-electron chi connectivity index (χ2n) is 6.90. The summed E-state index contributed by atoms with van der Waals surface area (Å²) in [6, 6.07) is 0. The molecule has 3 unspecified atom stereocenters. The summed E-state index contributed by atoms with van der Waals surface area (Å²) in [5.74, 6) is -0.633. The van der Waals surface area contributed by atoms with Crippen LogP contribution >= 0.6 is 0 Å². The van der Waals surface area contributed by atoms with Gasteiger partial charge in [0.2, 0.25) is 0 Å². The Morgan fingerprint density at radius 3 is 2.05 bits per heavy atom. The summed E-state index contributed by atoms with van der Waals surface area (Å²) in [5.41, 5.74) is -5.01. The lowest BCUT2D eigenvalue weighted by Crippen LogP contribution is -2.52. The van der Waals surface area contributed by atoms with E-state index < -0.39 is 35.8 Å². The van der Waals surface area contributed by atoms with Gasteiger partial charge in [0.15, 0.2) is 5.41 Å². The van der Waals surface area contributed by atoms with Crippen molar-refractivity contribution < 1.29 is 35.9 Å². The fourth-order valence-corrected chi connectivity index (χ4v) is 3.55. The van der Waals surface area contributed by atoms with Crippen molar-refractivity contribution in [1.82, 2.24) is 0 Å². The fraction of sp³-hybridized carbons (Fsp3) is 0.929. The molecular formula is C14H18F6O2. The summed E-state index contributed by atoms with van der Waals surface area (Å²) in [6.45, 7) is -0.132. The van der Waals surface area contributed by atoms with E-state index in [1.54, 1.807) is 6.92 Å². The summed E-state index contributed by atoms with van der Waals surface area (Å²) < 4.78 is 81.1. The first kappa shape index (κ1) is 17.4. The summed E-state index contributed by atoms with van der Waals surface area (Å²) in [6.07, 6.45) is -8.09. The maximum absolute atomic E-state index is 12.8. The molecule has 2 bridgehead atoms. The Morgan fingerprint density at radius 1 is 1.14 bits per heavy atom. The first-order chi connectivity index (χ1) is 9.81. The maximum Gasteiger partial charge on any atom is 0.406 e. The SMILES string of the molecule is CC1(C(=O)OCC(C)(C(F)(F)F)C(F)(F)F)CC2CCC1C2. The van der Waals surface area contributed by atoms with Crippen molar-refractivity contribution in [1.29, 1.82) is 0 Å². The average molecular weight is 332 g/mol. The van der Waals surface area contributed by atoms with Crippen LogP contribution in [-0.4, -0.2) is 24.9 Å². The van der Waals surface area contributed by atoms with Gasteiger partial charge in [-0.3, -0.25) is 4.79 Å². The molecule has 2 fully saturated rings. The van der Waals surface area contributed by atoms with Crippen LogP contribution < -0.4 is 0 Å². The minimum atomic E-state index is -5.54. The number of carbonyl (C=O) groups is 1. The smallest absolute Gasteiger partial charge is 0.406 e. The molecule has 128 valence electrons. The standard InChI is InChI=1S/C14H18F6O2/c1-11(6-8-3-4-9(11)5-8)10(21)22-7-12(2,13(15,16)17)14(18,19)20/h8-9H,3-7H2,1-2H3. The van der Waals surface area contributed by atoms with Crippen molar-refractivity contribution in [2.45, 2.75) is 51.9 Å². The summed E-state index contributed by atoms with van der Waals surface area (Å²) in [4.78, 5) is 12.1. The van der Waals surface area contributed by atoms with Gasteiger partial charge in [-0.2, -0.15) is 26.3 Å². The van der Waals surface area contributed by atoms with Crippen LogP contribution in [0.1, 0.15) is 39.5 Å². The average Bonchev–Trinajstić information content (AvgIpc) is 2.92. The molecule has 0 saturated heterocycles. The van der Waals surface area contributed by atoms with Crippen molar-refractivity contribution in [3.8, 4) is 0 Å². The first-order valence-electron chi connectivity index (χ1n) is 7.12. The van der Waals surface area contributed by atoms with E-state index in [1.165, 1.54) is 0 Å². The predicted molar refractivity (Wildman–Crippen MR) is 64.7 cm³/mol. The molecule has 0 radical (unpaired) electrons. The van der Waals surface area contributed by atoms with E-state index in [9.17, 15) is 31.1 Å². The van der Waals surface area contributed by atoms with Crippen LogP contribution in [0, 0.1) is 22.7 Å². The quantitative estimate of drug-likeness (QED) is 0.562. The molecule has 3 atom stereocenters. The molecule has 2 aliphatic carbocycles. The van der Waals surface area contributed by atoms with Crippen LogP contribution in [0.2, 0.25) is 0 Å². The molecule has 0 spiro atoms. The van der Waals surface area contributed by atoms with Gasteiger partial charge in [0.05, 0.1) is 5.41 Å². The number of carbonyl (C=O) groups excluding carboxylic acids is 1. The number of hydrogen-bond donors (Lipinski definition) is 0. The molecule has 0 amide bonds. The molecule has 8 heteroatoms. The van der Waals surface area contributed by atoms with Gasteiger partial charge in [0, 0.05) is 0 Å². The normalized spacial score (nSPS) is 32.4. The highest BCUT2D eigenvalue weighted by Gasteiger charge is 2.68. The third-order valence-corrected chi connectivity index (χ3v) is 5.36. The third-order valence-electron chi connectivity index (χ3n) is 5.36. The Labute approximate surface area is 124 Å². The lowest BCUT2D eigenvalue weighted by atomic mass is 9.75. The number of esters is 1. The Balaban J connectivity index is 2.09. The molecule has 2 rings (SSSR count). The van der Waals surface area contributed by atoms with Crippen molar-refractivity contribution in [2.24, 2.45) is 22.7 Å². The molecule has 0 aromatic heterocycles. The molecule has 0 heterocycles. The number of halogens is 6. The van der Waals surface area contributed by atoms with E-state index in [2.05, 4.69) is 4.74 Å². The highest BCUT2D eigenvalue weighted by molar-refractivity contribution is 5.77. The lowest BCUT2D eigenvalue weighted by molar-refractivity contribution is -0.343. The van der Waals surface area contributed by atoms with Gasteiger partial charge < -0.3 is 4.74 Å². The second-order valence-corrected chi connectivity index (χ2v) is 6.90. The van der Waals surface area contributed by atoms with Crippen LogP contribution in [0.5, 0.6) is 0 Å². The minimum Gasteiger partial charge on any atom is -0.464 e.